The Hall–Kier alpha value is -2.93. The third kappa shape index (κ3) is 6.29. The van der Waals surface area contributed by atoms with Gasteiger partial charge in [0, 0.05) is 5.57 Å². The Kier molecular flexibility index (Phi) is 7.56. The van der Waals surface area contributed by atoms with Crippen LogP contribution in [-0.2, 0) is 9.53 Å². The number of rotatable bonds is 8. The highest BCUT2D eigenvalue weighted by molar-refractivity contribution is 5.89. The van der Waals surface area contributed by atoms with Gasteiger partial charge in [-0.1, -0.05) is 12.6 Å². The van der Waals surface area contributed by atoms with E-state index in [2.05, 4.69) is 6.58 Å². The monoisotopic (exact) mass is 420 g/mol. The first-order chi connectivity index (χ1) is 14.0. The number of esters is 1. The molecule has 0 heterocycles. The molecule has 0 aliphatic heterocycles. The molecule has 0 N–H and O–H groups in total. The number of carbonyl (C=O) groups is 1. The van der Waals surface area contributed by atoms with E-state index in [1.165, 1.54) is 26.2 Å². The van der Waals surface area contributed by atoms with Crippen LogP contribution in [0.5, 0.6) is 17.2 Å². The molecule has 2 aromatic rings. The Morgan fingerprint density at radius 3 is 2.17 bits per heavy atom. The lowest BCUT2D eigenvalue weighted by Gasteiger charge is -2.19. The molecule has 0 saturated carbocycles. The van der Waals surface area contributed by atoms with Crippen molar-refractivity contribution in [1.82, 2.24) is 0 Å². The first-order valence-corrected chi connectivity index (χ1v) is 9.33. The SMILES string of the molecule is C=C(C)C(=O)Oc1ccc(-c2cc(F)c(OCCOC(C)(C)C)c(F)c2)cc1OC. The molecular formula is C23H26F2O5. The number of ether oxygens (including phenoxy) is 4. The van der Waals surface area contributed by atoms with Gasteiger partial charge in [0.05, 0.1) is 19.3 Å². The van der Waals surface area contributed by atoms with Crippen molar-refractivity contribution >= 4 is 5.97 Å². The summed E-state index contributed by atoms with van der Waals surface area (Å²) < 4.78 is 50.0. The summed E-state index contributed by atoms with van der Waals surface area (Å²) in [6, 6.07) is 6.90. The summed E-state index contributed by atoms with van der Waals surface area (Å²) in [4.78, 5) is 11.7. The molecule has 5 nitrogen and oxygen atoms in total. The van der Waals surface area contributed by atoms with Gasteiger partial charge in [0.25, 0.3) is 0 Å². The molecule has 7 heteroatoms. The fourth-order valence-electron chi connectivity index (χ4n) is 2.47. The Labute approximate surface area is 175 Å². The van der Waals surface area contributed by atoms with Crippen LogP contribution in [0.3, 0.4) is 0 Å². The second kappa shape index (κ2) is 9.71. The summed E-state index contributed by atoms with van der Waals surface area (Å²) in [5, 5.41) is 0. The van der Waals surface area contributed by atoms with E-state index in [0.717, 1.165) is 12.1 Å². The van der Waals surface area contributed by atoms with Crippen LogP contribution in [0.1, 0.15) is 27.7 Å². The van der Waals surface area contributed by atoms with Crippen LogP contribution in [0.2, 0.25) is 0 Å². The Balaban J connectivity index is 2.21. The predicted octanol–water partition coefficient (Wildman–Crippen LogP) is 5.32. The molecule has 0 radical (unpaired) electrons. The van der Waals surface area contributed by atoms with Gasteiger partial charge in [0.15, 0.2) is 28.9 Å². The van der Waals surface area contributed by atoms with Crippen molar-refractivity contribution in [3.8, 4) is 28.4 Å². The van der Waals surface area contributed by atoms with Gasteiger partial charge >= 0.3 is 5.97 Å². The average Bonchev–Trinajstić information content (AvgIpc) is 2.65. The lowest BCUT2D eigenvalue weighted by atomic mass is 10.0. The van der Waals surface area contributed by atoms with Crippen LogP contribution in [0.4, 0.5) is 8.78 Å². The summed E-state index contributed by atoms with van der Waals surface area (Å²) in [6.45, 7) is 10.9. The van der Waals surface area contributed by atoms with Gasteiger partial charge in [-0.3, -0.25) is 0 Å². The maximum Gasteiger partial charge on any atom is 0.338 e. The molecule has 0 atom stereocenters. The second-order valence-corrected chi connectivity index (χ2v) is 7.61. The molecule has 0 unspecified atom stereocenters. The maximum absolute atomic E-state index is 14.5. The Morgan fingerprint density at radius 1 is 1.00 bits per heavy atom. The first-order valence-electron chi connectivity index (χ1n) is 9.33. The minimum Gasteiger partial charge on any atom is -0.493 e. The molecule has 0 aliphatic carbocycles. The molecule has 0 spiro atoms. The summed E-state index contributed by atoms with van der Waals surface area (Å²) in [7, 11) is 1.40. The molecule has 0 aromatic heterocycles. The third-order valence-corrected chi connectivity index (χ3v) is 3.91. The van der Waals surface area contributed by atoms with Crippen molar-refractivity contribution in [2.24, 2.45) is 0 Å². The van der Waals surface area contributed by atoms with Crippen molar-refractivity contribution in [3.05, 3.63) is 54.1 Å². The van der Waals surface area contributed by atoms with Crippen molar-refractivity contribution in [1.29, 1.82) is 0 Å². The number of carbonyl (C=O) groups excluding carboxylic acids is 1. The number of hydrogen-bond acceptors (Lipinski definition) is 5. The molecular weight excluding hydrogens is 394 g/mol. The molecule has 30 heavy (non-hydrogen) atoms. The Bertz CT molecular complexity index is 909. The van der Waals surface area contributed by atoms with Crippen molar-refractivity contribution in [2.45, 2.75) is 33.3 Å². The van der Waals surface area contributed by atoms with Gasteiger partial charge in [-0.05, 0) is 63.1 Å². The predicted molar refractivity (Wildman–Crippen MR) is 110 cm³/mol. The van der Waals surface area contributed by atoms with Gasteiger partial charge in [-0.15, -0.1) is 0 Å². The van der Waals surface area contributed by atoms with Crippen LogP contribution in [0.15, 0.2) is 42.5 Å². The number of benzene rings is 2. The number of hydrogen-bond donors (Lipinski definition) is 0. The summed E-state index contributed by atoms with van der Waals surface area (Å²) in [5.74, 6) is -2.32. The van der Waals surface area contributed by atoms with E-state index in [1.807, 2.05) is 20.8 Å². The van der Waals surface area contributed by atoms with Crippen LogP contribution in [0, 0.1) is 11.6 Å². The zero-order valence-electron chi connectivity index (χ0n) is 17.8. The number of halogens is 2. The summed E-state index contributed by atoms with van der Waals surface area (Å²) in [6.07, 6.45) is 0. The largest absolute Gasteiger partial charge is 0.493 e. The molecule has 162 valence electrons. The van der Waals surface area contributed by atoms with Crippen LogP contribution >= 0.6 is 0 Å². The molecule has 0 saturated heterocycles. The molecule has 0 aliphatic rings. The highest BCUT2D eigenvalue weighted by atomic mass is 19.1. The summed E-state index contributed by atoms with van der Waals surface area (Å²) in [5.41, 5.74) is 0.615. The minimum atomic E-state index is -0.836. The Morgan fingerprint density at radius 2 is 1.63 bits per heavy atom. The fourth-order valence-corrected chi connectivity index (χ4v) is 2.47. The topological polar surface area (TPSA) is 54.0 Å². The zero-order valence-corrected chi connectivity index (χ0v) is 17.8. The van der Waals surface area contributed by atoms with Gasteiger partial charge in [0.1, 0.15) is 6.61 Å². The summed E-state index contributed by atoms with van der Waals surface area (Å²) >= 11 is 0. The molecule has 0 bridgehead atoms. The normalized spacial score (nSPS) is 11.2. The fraction of sp³-hybridized carbons (Fsp3) is 0.348. The second-order valence-electron chi connectivity index (χ2n) is 7.61. The lowest BCUT2D eigenvalue weighted by Crippen LogP contribution is -2.22. The average molecular weight is 420 g/mol. The van der Waals surface area contributed by atoms with Crippen LogP contribution in [0.25, 0.3) is 11.1 Å². The first kappa shape index (κ1) is 23.3. The van der Waals surface area contributed by atoms with E-state index in [0.29, 0.717) is 5.56 Å². The minimum absolute atomic E-state index is 0.0149. The van der Waals surface area contributed by atoms with E-state index in [9.17, 15) is 13.6 Å². The van der Waals surface area contributed by atoms with Gasteiger partial charge < -0.3 is 18.9 Å². The number of methoxy groups -OCH3 is 1. The quantitative estimate of drug-likeness (QED) is 0.251. The van der Waals surface area contributed by atoms with Crippen molar-refractivity contribution in [3.63, 3.8) is 0 Å². The highest BCUT2D eigenvalue weighted by Gasteiger charge is 2.17. The highest BCUT2D eigenvalue weighted by Crippen LogP contribution is 2.35. The van der Waals surface area contributed by atoms with Crippen LogP contribution < -0.4 is 14.2 Å². The smallest absolute Gasteiger partial charge is 0.338 e. The maximum atomic E-state index is 14.5. The van der Waals surface area contributed by atoms with E-state index < -0.39 is 23.4 Å². The van der Waals surface area contributed by atoms with Crippen molar-refractivity contribution < 1.29 is 32.5 Å². The standard InChI is InChI=1S/C23H26F2O5/c1-14(2)22(26)30-19-8-7-15(13-20(19)27-6)16-11-17(24)21(18(25)12-16)28-9-10-29-23(3,4)5/h7-8,11-13H,1,9-10H2,2-6H3. The van der Waals surface area contributed by atoms with Crippen molar-refractivity contribution in [2.75, 3.05) is 20.3 Å². The molecule has 2 aromatic carbocycles. The van der Waals surface area contributed by atoms with E-state index in [-0.39, 0.29) is 41.5 Å². The molecule has 0 fully saturated rings. The van der Waals surface area contributed by atoms with Gasteiger partial charge in [0.2, 0.25) is 0 Å². The van der Waals surface area contributed by atoms with Gasteiger partial charge in [-0.25, -0.2) is 13.6 Å². The van der Waals surface area contributed by atoms with E-state index >= 15 is 0 Å². The lowest BCUT2D eigenvalue weighted by molar-refractivity contribution is -0.130. The van der Waals surface area contributed by atoms with Gasteiger partial charge in [-0.2, -0.15) is 0 Å². The van der Waals surface area contributed by atoms with E-state index in [4.69, 9.17) is 18.9 Å². The molecule has 0 amide bonds. The molecule has 2 rings (SSSR count). The third-order valence-electron chi connectivity index (χ3n) is 3.91. The van der Waals surface area contributed by atoms with E-state index in [1.54, 1.807) is 6.07 Å². The zero-order chi connectivity index (χ0) is 22.5. The van der Waals surface area contributed by atoms with Crippen LogP contribution in [-0.4, -0.2) is 31.9 Å².